The fourth-order valence-corrected chi connectivity index (χ4v) is 2.10. The van der Waals surface area contributed by atoms with Crippen LogP contribution in [0.2, 0.25) is 0 Å². The number of aromatic nitrogens is 1. The van der Waals surface area contributed by atoms with Crippen molar-refractivity contribution in [3.63, 3.8) is 0 Å². The van der Waals surface area contributed by atoms with Gasteiger partial charge in [0.15, 0.2) is 5.13 Å². The molecule has 0 saturated carbocycles. The van der Waals surface area contributed by atoms with Crippen molar-refractivity contribution in [1.82, 2.24) is 4.98 Å². The van der Waals surface area contributed by atoms with Gasteiger partial charge >= 0.3 is 0 Å². The first-order valence-corrected chi connectivity index (χ1v) is 5.30. The lowest BCUT2D eigenvalue weighted by atomic mass is 10.3. The number of hydrogen-bond acceptors (Lipinski definition) is 4. The largest absolute Gasteiger partial charge is 0.383 e. The number of rotatable bonds is 4. The van der Waals surface area contributed by atoms with Crippen molar-refractivity contribution in [1.29, 1.82) is 0 Å². The molecule has 0 radical (unpaired) electrons. The van der Waals surface area contributed by atoms with E-state index in [1.165, 1.54) is 4.70 Å². The second kappa shape index (κ2) is 4.39. The highest BCUT2D eigenvalue weighted by molar-refractivity contribution is 7.22. The predicted octanol–water partition coefficient (Wildman–Crippen LogP) is 2.35. The molecular weight excluding hydrogens is 196 g/mol. The molecule has 0 amide bonds. The number of anilines is 1. The van der Waals surface area contributed by atoms with Gasteiger partial charge in [0, 0.05) is 13.7 Å². The molecule has 0 spiro atoms. The zero-order valence-electron chi connectivity index (χ0n) is 7.99. The van der Waals surface area contributed by atoms with Crippen LogP contribution in [0.1, 0.15) is 0 Å². The van der Waals surface area contributed by atoms with Crippen LogP contribution in [-0.2, 0) is 4.74 Å². The van der Waals surface area contributed by atoms with Crippen molar-refractivity contribution >= 4 is 26.7 Å². The van der Waals surface area contributed by atoms with Crippen LogP contribution in [0.5, 0.6) is 0 Å². The second-order valence-corrected chi connectivity index (χ2v) is 3.94. The summed E-state index contributed by atoms with van der Waals surface area (Å²) in [5.74, 6) is 0. The van der Waals surface area contributed by atoms with E-state index in [9.17, 15) is 0 Å². The highest BCUT2D eigenvalue weighted by Gasteiger charge is 2.00. The standard InChI is InChI=1S/C10H12N2OS/c1-13-7-6-11-10-12-8-4-2-3-5-9(8)14-10/h2-5H,6-7H2,1H3,(H,11,12). The summed E-state index contributed by atoms with van der Waals surface area (Å²) in [7, 11) is 1.69. The van der Waals surface area contributed by atoms with E-state index in [1.807, 2.05) is 18.2 Å². The first kappa shape index (κ1) is 9.43. The summed E-state index contributed by atoms with van der Waals surface area (Å²) in [4.78, 5) is 4.44. The predicted molar refractivity (Wildman–Crippen MR) is 60.0 cm³/mol. The second-order valence-electron chi connectivity index (χ2n) is 2.91. The summed E-state index contributed by atoms with van der Waals surface area (Å²) in [6, 6.07) is 8.13. The van der Waals surface area contributed by atoms with Crippen molar-refractivity contribution in [2.45, 2.75) is 0 Å². The van der Waals surface area contributed by atoms with Gasteiger partial charge in [-0.1, -0.05) is 23.5 Å². The quantitative estimate of drug-likeness (QED) is 0.783. The van der Waals surface area contributed by atoms with Crippen LogP contribution in [0.3, 0.4) is 0 Å². The average Bonchev–Trinajstić information content (AvgIpc) is 2.60. The molecule has 0 fully saturated rings. The van der Waals surface area contributed by atoms with Gasteiger partial charge in [-0.15, -0.1) is 0 Å². The maximum Gasteiger partial charge on any atom is 0.183 e. The molecule has 1 heterocycles. The van der Waals surface area contributed by atoms with Gasteiger partial charge in [0.05, 0.1) is 16.8 Å². The average molecular weight is 208 g/mol. The number of nitrogens with one attached hydrogen (secondary N) is 1. The molecule has 0 saturated heterocycles. The highest BCUT2D eigenvalue weighted by atomic mass is 32.1. The van der Waals surface area contributed by atoms with Crippen molar-refractivity contribution in [2.75, 3.05) is 25.6 Å². The zero-order valence-corrected chi connectivity index (χ0v) is 8.80. The number of ether oxygens (including phenoxy) is 1. The minimum Gasteiger partial charge on any atom is -0.383 e. The number of para-hydroxylation sites is 1. The topological polar surface area (TPSA) is 34.1 Å². The van der Waals surface area contributed by atoms with Crippen molar-refractivity contribution in [2.24, 2.45) is 0 Å². The first-order valence-electron chi connectivity index (χ1n) is 4.48. The molecule has 1 aromatic carbocycles. The van der Waals surface area contributed by atoms with Crippen LogP contribution < -0.4 is 5.32 Å². The smallest absolute Gasteiger partial charge is 0.183 e. The fourth-order valence-electron chi connectivity index (χ4n) is 1.21. The Bertz CT molecular complexity index is 380. The van der Waals surface area contributed by atoms with Gasteiger partial charge in [0.2, 0.25) is 0 Å². The minimum atomic E-state index is 0.704. The molecule has 0 aliphatic heterocycles. The number of nitrogens with zero attached hydrogens (tertiary/aromatic N) is 1. The van der Waals surface area contributed by atoms with Gasteiger partial charge in [-0.25, -0.2) is 4.98 Å². The van der Waals surface area contributed by atoms with E-state index < -0.39 is 0 Å². The summed E-state index contributed by atoms with van der Waals surface area (Å²) in [6.07, 6.45) is 0. The normalized spacial score (nSPS) is 10.6. The van der Waals surface area contributed by atoms with Crippen LogP contribution in [0.15, 0.2) is 24.3 Å². The van der Waals surface area contributed by atoms with Crippen LogP contribution in [-0.4, -0.2) is 25.2 Å². The third kappa shape index (κ3) is 2.02. The molecule has 3 nitrogen and oxygen atoms in total. The molecule has 14 heavy (non-hydrogen) atoms. The summed E-state index contributed by atoms with van der Waals surface area (Å²) in [5.41, 5.74) is 1.05. The lowest BCUT2D eigenvalue weighted by Crippen LogP contribution is -2.06. The molecule has 1 aromatic heterocycles. The van der Waals surface area contributed by atoms with Crippen molar-refractivity contribution < 1.29 is 4.74 Å². The number of hydrogen-bond donors (Lipinski definition) is 1. The van der Waals surface area contributed by atoms with E-state index >= 15 is 0 Å². The Labute approximate surface area is 86.7 Å². The Morgan fingerprint density at radius 1 is 1.43 bits per heavy atom. The molecule has 0 aliphatic carbocycles. The van der Waals surface area contributed by atoms with E-state index in [-0.39, 0.29) is 0 Å². The SMILES string of the molecule is COCCNc1nc2ccccc2s1. The molecule has 74 valence electrons. The van der Waals surface area contributed by atoms with E-state index in [1.54, 1.807) is 18.4 Å². The third-order valence-corrected chi connectivity index (χ3v) is 2.87. The monoisotopic (exact) mass is 208 g/mol. The molecule has 0 unspecified atom stereocenters. The maximum absolute atomic E-state index is 4.95. The first-order chi connectivity index (χ1) is 6.90. The molecule has 4 heteroatoms. The zero-order chi connectivity index (χ0) is 9.80. The molecular formula is C10H12N2OS. The van der Waals surface area contributed by atoms with E-state index in [4.69, 9.17) is 4.74 Å². The molecule has 2 rings (SSSR count). The lowest BCUT2D eigenvalue weighted by molar-refractivity contribution is 0.211. The van der Waals surface area contributed by atoms with Gasteiger partial charge in [-0.3, -0.25) is 0 Å². The summed E-state index contributed by atoms with van der Waals surface area (Å²) in [6.45, 7) is 1.51. The van der Waals surface area contributed by atoms with Gasteiger partial charge in [-0.2, -0.15) is 0 Å². The molecule has 0 bridgehead atoms. The van der Waals surface area contributed by atoms with Gasteiger partial charge in [0.1, 0.15) is 0 Å². The van der Waals surface area contributed by atoms with E-state index in [0.29, 0.717) is 6.61 Å². The lowest BCUT2D eigenvalue weighted by Gasteiger charge is -1.99. The number of benzene rings is 1. The number of fused-ring (bicyclic) bond motifs is 1. The molecule has 1 N–H and O–H groups in total. The maximum atomic E-state index is 4.95. The Kier molecular flexibility index (Phi) is 2.96. The Balaban J connectivity index is 2.11. The minimum absolute atomic E-state index is 0.704. The van der Waals surface area contributed by atoms with Crippen molar-refractivity contribution in [3.05, 3.63) is 24.3 Å². The third-order valence-electron chi connectivity index (χ3n) is 1.88. The summed E-state index contributed by atoms with van der Waals surface area (Å²) >= 11 is 1.67. The summed E-state index contributed by atoms with van der Waals surface area (Å²) in [5, 5.41) is 4.18. The Hall–Kier alpha value is -1.13. The van der Waals surface area contributed by atoms with Gasteiger partial charge in [0.25, 0.3) is 0 Å². The van der Waals surface area contributed by atoms with Gasteiger partial charge < -0.3 is 10.1 Å². The van der Waals surface area contributed by atoms with Crippen LogP contribution in [0, 0.1) is 0 Å². The van der Waals surface area contributed by atoms with Crippen molar-refractivity contribution in [3.8, 4) is 0 Å². The van der Waals surface area contributed by atoms with Crippen LogP contribution in [0.4, 0.5) is 5.13 Å². The number of methoxy groups -OCH3 is 1. The van der Waals surface area contributed by atoms with E-state index in [0.717, 1.165) is 17.2 Å². The Morgan fingerprint density at radius 3 is 3.07 bits per heavy atom. The molecule has 2 aromatic rings. The van der Waals surface area contributed by atoms with Gasteiger partial charge in [-0.05, 0) is 12.1 Å². The number of thiazole rings is 1. The van der Waals surface area contributed by atoms with Crippen LogP contribution >= 0.6 is 11.3 Å². The van der Waals surface area contributed by atoms with E-state index in [2.05, 4.69) is 16.4 Å². The highest BCUT2D eigenvalue weighted by Crippen LogP contribution is 2.24. The molecule has 0 atom stereocenters. The Morgan fingerprint density at radius 2 is 2.29 bits per heavy atom. The fraction of sp³-hybridized carbons (Fsp3) is 0.300. The van der Waals surface area contributed by atoms with Crippen LogP contribution in [0.25, 0.3) is 10.2 Å². The summed E-state index contributed by atoms with van der Waals surface area (Å²) < 4.78 is 6.17. The molecule has 0 aliphatic rings.